The Morgan fingerprint density at radius 1 is 0.269 bits per heavy atom. The zero-order valence-corrected chi connectivity index (χ0v) is 52.6. The maximum Gasteiger partial charge on any atom is 0.326 e. The number of nitrogens with zero attached hydrogens (tertiary/aromatic N) is 8. The number of hydrogen-bond donors (Lipinski definition) is 26. The van der Waals surface area contributed by atoms with Crippen molar-refractivity contribution in [2.75, 3.05) is 52.4 Å². The molecule has 0 heterocycles. The molecule has 43 N–H and O–H groups in total. The lowest BCUT2D eigenvalue weighted by molar-refractivity contribution is -0.142. The van der Waals surface area contributed by atoms with Crippen LogP contribution in [0.1, 0.15) is 110 Å². The van der Waals surface area contributed by atoms with E-state index in [2.05, 4.69) is 77.2 Å². The third-order valence-corrected chi connectivity index (χ3v) is 12.3. The largest absolute Gasteiger partial charge is 0.481 e. The third kappa shape index (κ3) is 46.2. The molecule has 43 nitrogen and oxygen atoms in total. The first-order chi connectivity index (χ1) is 43.7. The minimum absolute atomic E-state index is 0.00317. The van der Waals surface area contributed by atoms with E-state index in [1.807, 2.05) is 0 Å². The van der Waals surface area contributed by atoms with Gasteiger partial charge in [-0.1, -0.05) is 0 Å². The minimum atomic E-state index is -1.52. The summed E-state index contributed by atoms with van der Waals surface area (Å²) in [5, 5.41) is 35.6. The van der Waals surface area contributed by atoms with Crippen molar-refractivity contribution >= 4 is 101 Å². The lowest BCUT2D eigenvalue weighted by Gasteiger charge is -2.28. The molecule has 0 radical (unpaired) electrons. The molecule has 0 fully saturated rings. The zero-order chi connectivity index (χ0) is 71.0. The smallest absolute Gasteiger partial charge is 0.326 e. The third-order valence-electron chi connectivity index (χ3n) is 12.3. The van der Waals surface area contributed by atoms with Gasteiger partial charge >= 0.3 is 5.97 Å². The van der Waals surface area contributed by atoms with Gasteiger partial charge in [0.05, 0.1) is 6.04 Å². The Balaban J connectivity index is 0. The molecule has 8 atom stereocenters. The molecule has 0 saturated heterocycles. The summed E-state index contributed by atoms with van der Waals surface area (Å²) in [6.45, 7) is 1.22. The Labute approximate surface area is 537 Å². The standard InChI is InChI=1S/C48H98N32O9.C2H4O2/c49-25(9-1-17-66-41(50)51)33(81)74-26(10-2-18-67-42(52)53)34(82)75-27(11-3-19-68-43(54)55)35(83)76-28(12-4-20-69-44(56)57)36(84)77-29(13-5-21-70-45(58)59)37(85)78-30(14-6-22-71-46(60)61)38(86)79-31(15-7-23-72-47(62)63)39(87)80-32(40(88)89)16-8-24-73-48(64)65;1-2(3)4/h25-32H,1-24,49H2,(H,74,81)(H,75,82)(H,76,83)(H,77,84)(H,78,85)(H,79,86)(H,80,87)(H,88,89)(H4,50,51,66)(H4,52,53,67)(H4,54,55,68)(H4,56,57,69)(H4,58,59,70)(H4,60,61,71)(H4,62,63,72)(H4,64,65,73);1H3,(H,3,4)/t25-,26-,27-,28-,29-,30-,31-,32-;/m0./s1. The normalized spacial score (nSPS) is 13.0. The summed E-state index contributed by atoms with van der Waals surface area (Å²) in [4.78, 5) is 152. The summed E-state index contributed by atoms with van der Waals surface area (Å²) in [7, 11) is 0. The Hall–Kier alpha value is -10.6. The highest BCUT2D eigenvalue weighted by atomic mass is 16.4. The number of carboxylic acids is 2. The van der Waals surface area contributed by atoms with E-state index in [9.17, 15) is 43.5 Å². The van der Waals surface area contributed by atoms with Gasteiger partial charge < -0.3 is 145 Å². The van der Waals surface area contributed by atoms with Crippen molar-refractivity contribution in [1.29, 1.82) is 0 Å². The Kier molecular flexibility index (Phi) is 44.6. The summed E-state index contributed by atoms with van der Waals surface area (Å²) in [6.07, 6.45) is 0.0907. The Morgan fingerprint density at radius 3 is 0.570 bits per heavy atom. The second-order valence-corrected chi connectivity index (χ2v) is 20.5. The number of nitrogens with one attached hydrogen (secondary N) is 7. The first kappa shape index (κ1) is 84.4. The molecule has 93 heavy (non-hydrogen) atoms. The Morgan fingerprint density at radius 2 is 0.409 bits per heavy atom. The van der Waals surface area contributed by atoms with Crippen LogP contribution in [0.2, 0.25) is 0 Å². The fourth-order valence-electron chi connectivity index (χ4n) is 7.96. The van der Waals surface area contributed by atoms with E-state index in [1.165, 1.54) is 0 Å². The van der Waals surface area contributed by atoms with Gasteiger partial charge in [0.1, 0.15) is 42.3 Å². The number of carbonyl (C=O) groups excluding carboxylic acids is 7. The molecule has 0 aliphatic rings. The summed E-state index contributed by atoms with van der Waals surface area (Å²) in [5.41, 5.74) is 94.1. The van der Waals surface area contributed by atoms with Gasteiger partial charge in [-0.05, 0) is 103 Å². The molecule has 43 heteroatoms. The molecule has 0 spiro atoms. The van der Waals surface area contributed by atoms with E-state index in [1.54, 1.807) is 0 Å². The van der Waals surface area contributed by atoms with Gasteiger partial charge in [-0.25, -0.2) is 4.79 Å². The summed E-state index contributed by atoms with van der Waals surface area (Å²) < 4.78 is 0. The topological polar surface area (TPSA) is 820 Å². The quantitative estimate of drug-likeness (QED) is 0.0153. The van der Waals surface area contributed by atoms with Gasteiger partial charge in [0.15, 0.2) is 47.7 Å². The average molecular weight is 1330 g/mol. The zero-order valence-electron chi connectivity index (χ0n) is 52.6. The molecule has 0 aliphatic heterocycles. The second kappa shape index (κ2) is 49.2. The van der Waals surface area contributed by atoms with Gasteiger partial charge in [-0.15, -0.1) is 0 Å². The van der Waals surface area contributed by atoms with Crippen LogP contribution >= 0.6 is 0 Å². The number of rotatable bonds is 47. The fourth-order valence-corrected chi connectivity index (χ4v) is 7.96. The number of aliphatic imine (C=N–C) groups is 8. The highest BCUT2D eigenvalue weighted by molar-refractivity contribution is 5.98. The molecule has 0 aliphatic carbocycles. The molecular weight excluding hydrogens is 1220 g/mol. The van der Waals surface area contributed by atoms with Gasteiger partial charge in [-0.2, -0.15) is 0 Å². The number of amides is 7. The van der Waals surface area contributed by atoms with Gasteiger partial charge in [0.25, 0.3) is 5.97 Å². The van der Waals surface area contributed by atoms with Crippen LogP contribution in [0.25, 0.3) is 0 Å². The number of carboxylic acid groups (broad SMARTS) is 2. The van der Waals surface area contributed by atoms with Crippen molar-refractivity contribution in [3.8, 4) is 0 Å². The second-order valence-electron chi connectivity index (χ2n) is 20.5. The molecule has 0 unspecified atom stereocenters. The molecule has 7 amide bonds. The van der Waals surface area contributed by atoms with Crippen LogP contribution in [0.4, 0.5) is 0 Å². The van der Waals surface area contributed by atoms with Crippen molar-refractivity contribution in [1.82, 2.24) is 37.2 Å². The van der Waals surface area contributed by atoms with E-state index in [4.69, 9.17) is 107 Å². The number of hydrogen-bond acceptors (Lipinski definition) is 18. The molecule has 0 rings (SSSR count). The Bertz CT molecular complexity index is 2580. The molecule has 0 bridgehead atoms. The maximum absolute atomic E-state index is 14.6. The van der Waals surface area contributed by atoms with E-state index in [0.717, 1.165) is 6.92 Å². The lowest BCUT2D eigenvalue weighted by atomic mass is 10.0. The number of nitrogens with two attached hydrogens (primary N) is 17. The van der Waals surface area contributed by atoms with Crippen molar-refractivity contribution < 1.29 is 53.4 Å². The first-order valence-corrected chi connectivity index (χ1v) is 29.4. The fraction of sp³-hybridized carbons (Fsp3) is 0.660. The molecular formula is C50H102N32O11. The van der Waals surface area contributed by atoms with Crippen LogP contribution in [0.5, 0.6) is 0 Å². The SMILES string of the molecule is CC(=O)O.NC(N)=NCCC[C@H](NC(=O)[C@H](CCCN=C(N)N)NC(=O)[C@H](CCCN=C(N)N)NC(=O)[C@H](CCCN=C(N)N)NC(=O)[C@H](CCCN=C(N)N)NC(=O)[C@H](CCCN=C(N)N)NC(=O)[C@H](CCCN=C(N)N)NC(=O)[C@@H](N)CCCN=C(N)N)C(=O)O. The van der Waals surface area contributed by atoms with Crippen LogP contribution < -0.4 is 135 Å². The number of carbonyl (C=O) groups is 9. The molecule has 0 saturated carbocycles. The molecule has 0 aromatic carbocycles. The molecule has 0 aromatic heterocycles. The van der Waals surface area contributed by atoms with Gasteiger partial charge in [0, 0.05) is 59.3 Å². The highest BCUT2D eigenvalue weighted by Crippen LogP contribution is 2.11. The summed E-state index contributed by atoms with van der Waals surface area (Å²) in [6, 6.07) is -11.3. The van der Waals surface area contributed by atoms with Crippen molar-refractivity contribution in [3.63, 3.8) is 0 Å². The molecule has 0 aromatic rings. The van der Waals surface area contributed by atoms with Crippen LogP contribution in [0.3, 0.4) is 0 Å². The average Bonchev–Trinajstić information content (AvgIpc) is 1.17. The van der Waals surface area contributed by atoms with E-state index < -0.39 is 102 Å². The van der Waals surface area contributed by atoms with Crippen LogP contribution in [-0.2, 0) is 43.2 Å². The molecule has 528 valence electrons. The summed E-state index contributed by atoms with van der Waals surface area (Å²) >= 11 is 0. The van der Waals surface area contributed by atoms with E-state index in [0.29, 0.717) is 6.42 Å². The van der Waals surface area contributed by atoms with Crippen molar-refractivity contribution in [2.45, 2.75) is 158 Å². The monoisotopic (exact) mass is 1330 g/mol. The van der Waals surface area contributed by atoms with Gasteiger partial charge in [-0.3, -0.25) is 78.3 Å². The maximum atomic E-state index is 14.6. The minimum Gasteiger partial charge on any atom is -0.481 e. The first-order valence-electron chi connectivity index (χ1n) is 29.4. The predicted octanol–water partition coefficient (Wildman–Crippen LogP) is -11.7. The van der Waals surface area contributed by atoms with Gasteiger partial charge in [0.2, 0.25) is 41.4 Å². The highest BCUT2D eigenvalue weighted by Gasteiger charge is 2.34. The van der Waals surface area contributed by atoms with Crippen LogP contribution in [-0.4, -0.2) is 212 Å². The van der Waals surface area contributed by atoms with Crippen molar-refractivity contribution in [3.05, 3.63) is 0 Å². The number of aliphatic carboxylic acids is 2. The number of guanidine groups is 8. The summed E-state index contributed by atoms with van der Waals surface area (Å²) in [5.74, 6) is -10.5. The van der Waals surface area contributed by atoms with E-state index >= 15 is 0 Å². The van der Waals surface area contributed by atoms with Crippen molar-refractivity contribution in [2.24, 2.45) is 137 Å². The lowest BCUT2D eigenvalue weighted by Crippen LogP contribution is -2.60. The van der Waals surface area contributed by atoms with E-state index in [-0.39, 0.29) is 196 Å². The van der Waals surface area contributed by atoms with Crippen LogP contribution in [0, 0.1) is 0 Å². The predicted molar refractivity (Wildman–Crippen MR) is 352 cm³/mol. The van der Waals surface area contributed by atoms with Crippen LogP contribution in [0.15, 0.2) is 39.9 Å².